The Morgan fingerprint density at radius 1 is 1.27 bits per heavy atom. The molecular formula is C14H11BrCl2N4O. The molecule has 0 aliphatic rings. The molecule has 5 nitrogen and oxygen atoms in total. The van der Waals surface area contributed by atoms with Crippen LogP contribution in [0.5, 0.6) is 0 Å². The first-order valence-corrected chi connectivity index (χ1v) is 8.05. The Labute approximate surface area is 144 Å². The van der Waals surface area contributed by atoms with Crippen LogP contribution in [-0.4, -0.2) is 19.1 Å². The van der Waals surface area contributed by atoms with Gasteiger partial charge in [-0.3, -0.25) is 0 Å². The Morgan fingerprint density at radius 3 is 2.68 bits per heavy atom. The summed E-state index contributed by atoms with van der Waals surface area (Å²) in [6, 6.07) is 3.56. The zero-order valence-electron chi connectivity index (χ0n) is 11.7. The van der Waals surface area contributed by atoms with Gasteiger partial charge in [-0.05, 0) is 41.9 Å². The molecule has 3 rings (SSSR count). The molecule has 0 radical (unpaired) electrons. The third-order valence-corrected chi connectivity index (χ3v) is 4.78. The predicted octanol–water partition coefficient (Wildman–Crippen LogP) is 4.23. The van der Waals surface area contributed by atoms with Crippen molar-refractivity contribution in [3.63, 3.8) is 0 Å². The van der Waals surface area contributed by atoms with E-state index in [1.54, 1.807) is 18.3 Å². The van der Waals surface area contributed by atoms with E-state index in [2.05, 4.69) is 25.9 Å². The maximum Gasteiger partial charge on any atom is 0.356 e. The van der Waals surface area contributed by atoms with Gasteiger partial charge in [-0.15, -0.1) is 0 Å². The van der Waals surface area contributed by atoms with Crippen LogP contribution in [0.2, 0.25) is 10.2 Å². The lowest BCUT2D eigenvalue weighted by atomic mass is 10.2. The zero-order valence-corrected chi connectivity index (χ0v) is 14.8. The van der Waals surface area contributed by atoms with Crippen LogP contribution in [0.4, 0.5) is 0 Å². The molecule has 0 unspecified atom stereocenters. The van der Waals surface area contributed by atoms with Gasteiger partial charge in [-0.2, -0.15) is 4.98 Å². The largest absolute Gasteiger partial charge is 0.356 e. The summed E-state index contributed by atoms with van der Waals surface area (Å²) in [5.74, 6) is 0.489. The van der Waals surface area contributed by atoms with Gasteiger partial charge in [0, 0.05) is 28.3 Å². The second-order valence-electron chi connectivity index (χ2n) is 5.03. The standard InChI is InChI=1S/C14H11BrCl2N4O/c1-7(2)20-4-3-18-13(20)21-11-6-9(15)10(16)5-8(11)12(17)19-14(21)22/h3-7H,1-2H3. The van der Waals surface area contributed by atoms with Gasteiger partial charge in [0.05, 0.1) is 10.5 Å². The van der Waals surface area contributed by atoms with Crippen LogP contribution >= 0.6 is 39.1 Å². The first-order chi connectivity index (χ1) is 10.4. The number of halogens is 3. The van der Waals surface area contributed by atoms with E-state index in [0.29, 0.717) is 26.3 Å². The van der Waals surface area contributed by atoms with Crippen molar-refractivity contribution in [1.82, 2.24) is 19.1 Å². The van der Waals surface area contributed by atoms with E-state index in [0.717, 1.165) is 0 Å². The second-order valence-corrected chi connectivity index (χ2v) is 6.65. The average molecular weight is 402 g/mol. The second kappa shape index (κ2) is 5.68. The van der Waals surface area contributed by atoms with Gasteiger partial charge in [0.15, 0.2) is 0 Å². The van der Waals surface area contributed by atoms with Crippen molar-refractivity contribution in [2.24, 2.45) is 0 Å². The normalized spacial score (nSPS) is 11.5. The molecule has 22 heavy (non-hydrogen) atoms. The molecule has 0 atom stereocenters. The lowest BCUT2D eigenvalue weighted by Gasteiger charge is -2.15. The van der Waals surface area contributed by atoms with Crippen molar-refractivity contribution in [3.8, 4) is 5.95 Å². The highest BCUT2D eigenvalue weighted by Crippen LogP contribution is 2.31. The van der Waals surface area contributed by atoms with Crippen molar-refractivity contribution in [2.75, 3.05) is 0 Å². The van der Waals surface area contributed by atoms with Crippen LogP contribution < -0.4 is 5.69 Å². The van der Waals surface area contributed by atoms with E-state index in [9.17, 15) is 4.79 Å². The van der Waals surface area contributed by atoms with Crippen LogP contribution in [0.3, 0.4) is 0 Å². The van der Waals surface area contributed by atoms with Crippen molar-refractivity contribution in [1.29, 1.82) is 0 Å². The molecule has 0 amide bonds. The number of hydrogen-bond acceptors (Lipinski definition) is 3. The molecule has 2 heterocycles. The lowest BCUT2D eigenvalue weighted by Crippen LogP contribution is -2.25. The lowest BCUT2D eigenvalue weighted by molar-refractivity contribution is 0.581. The van der Waals surface area contributed by atoms with Crippen molar-refractivity contribution < 1.29 is 0 Å². The molecule has 0 N–H and O–H groups in total. The van der Waals surface area contributed by atoms with Gasteiger partial charge in [0.1, 0.15) is 5.15 Å². The Kier molecular flexibility index (Phi) is 4.01. The highest BCUT2D eigenvalue weighted by Gasteiger charge is 2.17. The van der Waals surface area contributed by atoms with Gasteiger partial charge in [-0.25, -0.2) is 14.3 Å². The molecule has 0 saturated carbocycles. The molecule has 2 aromatic heterocycles. The van der Waals surface area contributed by atoms with Gasteiger partial charge in [0.2, 0.25) is 5.95 Å². The number of imidazole rings is 1. The molecule has 0 aliphatic carbocycles. The molecule has 0 spiro atoms. The van der Waals surface area contributed by atoms with E-state index in [1.165, 1.54) is 4.57 Å². The SMILES string of the molecule is CC(C)n1ccnc1-n1c(=O)nc(Cl)c2cc(Cl)c(Br)cc21. The maximum atomic E-state index is 12.4. The molecule has 114 valence electrons. The summed E-state index contributed by atoms with van der Waals surface area (Å²) in [5, 5.41) is 1.20. The van der Waals surface area contributed by atoms with Crippen LogP contribution in [0.15, 0.2) is 33.8 Å². The summed E-state index contributed by atoms with van der Waals surface area (Å²) in [6.45, 7) is 4.02. The number of nitrogens with zero attached hydrogens (tertiary/aromatic N) is 4. The first-order valence-electron chi connectivity index (χ1n) is 6.50. The van der Waals surface area contributed by atoms with Crippen molar-refractivity contribution in [2.45, 2.75) is 19.9 Å². The minimum absolute atomic E-state index is 0.119. The van der Waals surface area contributed by atoms with E-state index >= 15 is 0 Å². The molecule has 0 saturated heterocycles. The van der Waals surface area contributed by atoms with Gasteiger partial charge >= 0.3 is 5.69 Å². The molecular weight excluding hydrogens is 391 g/mol. The fourth-order valence-electron chi connectivity index (χ4n) is 2.26. The molecule has 1 aromatic carbocycles. The summed E-state index contributed by atoms with van der Waals surface area (Å²) < 4.78 is 3.99. The van der Waals surface area contributed by atoms with E-state index in [1.807, 2.05) is 24.6 Å². The number of rotatable bonds is 2. The maximum absolute atomic E-state index is 12.4. The number of aromatic nitrogens is 4. The quantitative estimate of drug-likeness (QED) is 0.603. The monoisotopic (exact) mass is 400 g/mol. The fraction of sp³-hybridized carbons (Fsp3) is 0.214. The van der Waals surface area contributed by atoms with Gasteiger partial charge < -0.3 is 4.57 Å². The Hall–Kier alpha value is -1.37. The highest BCUT2D eigenvalue weighted by molar-refractivity contribution is 9.10. The smallest absolute Gasteiger partial charge is 0.314 e. The zero-order chi connectivity index (χ0) is 16.0. The van der Waals surface area contributed by atoms with Crippen LogP contribution in [0.1, 0.15) is 19.9 Å². The molecule has 0 bridgehead atoms. The van der Waals surface area contributed by atoms with E-state index < -0.39 is 5.69 Å². The predicted molar refractivity (Wildman–Crippen MR) is 91.2 cm³/mol. The third-order valence-electron chi connectivity index (χ3n) is 3.29. The van der Waals surface area contributed by atoms with Gasteiger partial charge in [-0.1, -0.05) is 23.2 Å². The van der Waals surface area contributed by atoms with Crippen LogP contribution in [-0.2, 0) is 0 Å². The van der Waals surface area contributed by atoms with Crippen molar-refractivity contribution in [3.05, 3.63) is 49.7 Å². The summed E-state index contributed by atoms with van der Waals surface area (Å²) >= 11 is 15.6. The summed E-state index contributed by atoms with van der Waals surface area (Å²) in [7, 11) is 0. The van der Waals surface area contributed by atoms with Crippen LogP contribution in [0.25, 0.3) is 16.9 Å². The Balaban J connectivity index is 2.46. The number of hydrogen-bond donors (Lipinski definition) is 0. The number of benzene rings is 1. The molecule has 0 fully saturated rings. The summed E-state index contributed by atoms with van der Waals surface area (Å²) in [4.78, 5) is 20.6. The Bertz CT molecular complexity index is 932. The van der Waals surface area contributed by atoms with Crippen molar-refractivity contribution >= 4 is 50.0 Å². The molecule has 8 heteroatoms. The highest BCUT2D eigenvalue weighted by atomic mass is 79.9. The average Bonchev–Trinajstić information content (AvgIpc) is 2.90. The minimum Gasteiger partial charge on any atom is -0.314 e. The first kappa shape index (κ1) is 15.5. The van der Waals surface area contributed by atoms with E-state index in [-0.39, 0.29) is 11.2 Å². The Morgan fingerprint density at radius 2 is 2.00 bits per heavy atom. The molecule has 3 aromatic rings. The summed E-state index contributed by atoms with van der Waals surface area (Å²) in [6.07, 6.45) is 3.46. The van der Waals surface area contributed by atoms with E-state index in [4.69, 9.17) is 23.2 Å². The van der Waals surface area contributed by atoms with Crippen LogP contribution in [0, 0.1) is 0 Å². The van der Waals surface area contributed by atoms with Gasteiger partial charge in [0.25, 0.3) is 0 Å². The topological polar surface area (TPSA) is 52.7 Å². The number of fused-ring (bicyclic) bond motifs is 1. The third kappa shape index (κ3) is 2.45. The minimum atomic E-state index is -0.486. The molecule has 0 aliphatic heterocycles. The fourth-order valence-corrected chi connectivity index (χ4v) is 2.98. The summed E-state index contributed by atoms with van der Waals surface area (Å²) in [5.41, 5.74) is 0.106.